The molecule has 2 aliphatic heterocycles. The molecule has 2 aliphatic rings. The summed E-state index contributed by atoms with van der Waals surface area (Å²) in [6.45, 7) is 1.48. The molecule has 2 fully saturated rings. The van der Waals surface area contributed by atoms with Gasteiger partial charge in [-0.05, 0) is 10.8 Å². The Morgan fingerprint density at radius 3 is 1.53 bits per heavy atom. The molecular weight excluding hydrogens is 1340 g/mol. The summed E-state index contributed by atoms with van der Waals surface area (Å²) in [7, 11) is -5.41. The van der Waals surface area contributed by atoms with E-state index in [2.05, 4.69) is 5.32 Å². The van der Waals surface area contributed by atoms with Gasteiger partial charge in [0.15, 0.2) is 30.9 Å². The zero-order valence-corrected chi connectivity index (χ0v) is 50.1. The van der Waals surface area contributed by atoms with Gasteiger partial charge in [0.1, 0.15) is 43.7 Å². The molecule has 1 amide bonds. The number of aliphatic hydroxyl groups is 1. The number of alkyl halides is 20. The maximum atomic E-state index is 15.7. The lowest BCUT2D eigenvalue weighted by molar-refractivity contribution is -0.461. The number of hydrogen-bond donors (Lipinski definition) is 2. The molecule has 2 N–H and O–H groups in total. The number of halogens is 20. The van der Waals surface area contributed by atoms with E-state index in [0.717, 1.165) is 60.6 Å². The number of carbonyl (C=O) groups is 5. The standard InChI is InChI=1S/C50H55Cl3F17NO17Si/c1-24(72)79-22-31-34(82-25(2)73)36(83-26(3)74)37(84-27(4)75)39(86-31)87-35-32(71-40(77)80-23-43(51,52)53)38(85-30(33(35)76)21-78-20-28-14-10-8-11-15-28)88-89(41(5,6)7,29-16-12-9-13-17-29)81-19-18-42(54,55)44(56,57)45(58,59)46(60,61)47(62,63)48(64,65)49(66,67)50(68,69)70/h8-17,30-39,76H,18-23H2,1-7H3,(H,71,77)/t30-,31-,32-,33-,34+,35-,36+,37-,38+,39+,89?/m1/s1. The van der Waals surface area contributed by atoms with Crippen LogP contribution in [0, 0.1) is 0 Å². The fourth-order valence-electron chi connectivity index (χ4n) is 8.63. The zero-order chi connectivity index (χ0) is 68.1. The van der Waals surface area contributed by atoms with Crippen LogP contribution in [0.3, 0.4) is 0 Å². The fraction of sp³-hybridized carbons (Fsp3) is 0.660. The first-order valence-electron chi connectivity index (χ1n) is 25.4. The summed E-state index contributed by atoms with van der Waals surface area (Å²) >= 11 is 17.4. The number of hydrogen-bond acceptors (Lipinski definition) is 17. The van der Waals surface area contributed by atoms with Gasteiger partial charge in [-0.15, -0.1) is 0 Å². The Morgan fingerprint density at radius 2 is 1.04 bits per heavy atom. The number of aliphatic hydroxyl groups excluding tert-OH is 1. The number of nitrogens with one attached hydrogen (secondary N) is 1. The van der Waals surface area contributed by atoms with Crippen molar-refractivity contribution in [2.45, 2.75) is 179 Å². The second-order valence-corrected chi connectivity index (χ2v) is 27.0. The van der Waals surface area contributed by atoms with Gasteiger partial charge in [0.05, 0.1) is 13.2 Å². The van der Waals surface area contributed by atoms with Crippen LogP contribution >= 0.6 is 34.8 Å². The van der Waals surface area contributed by atoms with E-state index in [1.54, 1.807) is 30.3 Å². The van der Waals surface area contributed by atoms with Gasteiger partial charge < -0.3 is 61.9 Å². The second-order valence-electron chi connectivity index (χ2n) is 20.7. The van der Waals surface area contributed by atoms with Crippen molar-refractivity contribution < 1.29 is 155 Å². The predicted octanol–water partition coefficient (Wildman–Crippen LogP) is 9.80. The third-order valence-electron chi connectivity index (χ3n) is 12.9. The van der Waals surface area contributed by atoms with Gasteiger partial charge in [-0.25, -0.2) is 4.79 Å². The number of rotatable bonds is 26. The van der Waals surface area contributed by atoms with Crippen molar-refractivity contribution >= 4 is 78.5 Å². The first-order chi connectivity index (χ1) is 40.4. The van der Waals surface area contributed by atoms with E-state index in [1.165, 1.54) is 18.2 Å². The molecule has 89 heavy (non-hydrogen) atoms. The van der Waals surface area contributed by atoms with Gasteiger partial charge in [-0.3, -0.25) is 19.2 Å². The van der Waals surface area contributed by atoms with Gasteiger partial charge in [-0.1, -0.05) is 116 Å². The van der Waals surface area contributed by atoms with Crippen LogP contribution in [0.1, 0.15) is 60.5 Å². The molecular formula is C50H55Cl3F17NO17Si. The summed E-state index contributed by atoms with van der Waals surface area (Å²) in [5.41, 5.74) is 0.460. The van der Waals surface area contributed by atoms with E-state index in [0.29, 0.717) is 5.56 Å². The molecule has 2 saturated heterocycles. The Morgan fingerprint density at radius 1 is 0.573 bits per heavy atom. The summed E-state index contributed by atoms with van der Waals surface area (Å²) in [6.07, 6.45) is -32.0. The Bertz CT molecular complexity index is 2740. The highest BCUT2D eigenvalue weighted by atomic mass is 35.6. The Hall–Kier alpha value is -4.79. The third-order valence-corrected chi connectivity index (χ3v) is 17.5. The van der Waals surface area contributed by atoms with Crippen LogP contribution in [0.25, 0.3) is 0 Å². The number of amides is 1. The fourth-order valence-corrected chi connectivity index (χ4v) is 12.4. The number of alkyl carbamates (subject to hydrolysis) is 1. The van der Waals surface area contributed by atoms with Gasteiger partial charge in [-0.2, -0.15) is 74.6 Å². The minimum absolute atomic E-state index is 0.313. The number of ether oxygens (including phenoxy) is 9. The normalized spacial score (nSPS) is 24.4. The average molecular weight is 1400 g/mol. The topological polar surface area (TPSA) is 219 Å². The van der Waals surface area contributed by atoms with Crippen LogP contribution in [-0.2, 0) is 77.3 Å². The van der Waals surface area contributed by atoms with Gasteiger partial charge in [0.2, 0.25) is 3.79 Å². The monoisotopic (exact) mass is 1400 g/mol. The first kappa shape index (κ1) is 76.7. The zero-order valence-electron chi connectivity index (χ0n) is 46.8. The molecule has 0 radical (unpaired) electrons. The van der Waals surface area contributed by atoms with E-state index in [9.17, 15) is 77.4 Å². The molecule has 0 spiro atoms. The molecule has 39 heteroatoms. The molecule has 2 aromatic carbocycles. The van der Waals surface area contributed by atoms with Gasteiger partial charge in [0, 0.05) is 45.8 Å². The van der Waals surface area contributed by atoms with E-state index in [4.69, 9.17) is 86.3 Å². The number of benzene rings is 2. The lowest BCUT2D eigenvalue weighted by atomic mass is 9.88. The largest absolute Gasteiger partial charge is 0.463 e. The minimum Gasteiger partial charge on any atom is -0.463 e. The van der Waals surface area contributed by atoms with Crippen LogP contribution in [0.4, 0.5) is 79.4 Å². The van der Waals surface area contributed by atoms with Gasteiger partial charge in [0.25, 0.3) is 0 Å². The first-order valence-corrected chi connectivity index (χ1v) is 28.4. The average Bonchev–Trinajstić information content (AvgIpc) is 0.761. The van der Waals surface area contributed by atoms with Crippen LogP contribution in [-0.4, -0.2) is 183 Å². The van der Waals surface area contributed by atoms with Crippen LogP contribution in [0.2, 0.25) is 5.04 Å². The van der Waals surface area contributed by atoms with E-state index in [-0.39, 0.29) is 11.8 Å². The van der Waals surface area contributed by atoms with Crippen molar-refractivity contribution in [2.75, 3.05) is 26.4 Å². The molecule has 0 saturated carbocycles. The maximum absolute atomic E-state index is 15.7. The number of esters is 4. The predicted molar refractivity (Wildman–Crippen MR) is 270 cm³/mol. The molecule has 506 valence electrons. The van der Waals surface area contributed by atoms with Gasteiger partial charge >= 0.3 is 86.2 Å². The SMILES string of the molecule is CC(=O)OC[C@H]1O[C@@H](O[C@H]2[C@H](O)[C@@H](COCc3ccccc3)O[C@@H](O[Si](OCCC(F)(F)C(F)(F)C(F)(F)C(F)(F)C(F)(F)C(F)(F)C(F)(F)C(F)(F)F)(c3ccccc3)C(C)(C)C)[C@@H]2NC(=O)OCC(Cl)(Cl)Cl)[C@H](OC(C)=O)[C@@H](OC(C)=O)[C@H]1OC(C)=O. The molecule has 0 bridgehead atoms. The lowest BCUT2D eigenvalue weighted by Gasteiger charge is -2.51. The quantitative estimate of drug-likeness (QED) is 0.0294. The summed E-state index contributed by atoms with van der Waals surface area (Å²) in [4.78, 5) is 64.0. The maximum Gasteiger partial charge on any atom is 0.460 e. The van der Waals surface area contributed by atoms with Crippen molar-refractivity contribution in [1.82, 2.24) is 5.32 Å². The van der Waals surface area contributed by atoms with Crippen molar-refractivity contribution in [2.24, 2.45) is 0 Å². The molecule has 11 atom stereocenters. The van der Waals surface area contributed by atoms with Crippen molar-refractivity contribution in [3.05, 3.63) is 66.2 Å². The highest BCUT2D eigenvalue weighted by molar-refractivity contribution is 6.83. The highest BCUT2D eigenvalue weighted by Gasteiger charge is 2.95. The van der Waals surface area contributed by atoms with E-state index in [1.807, 2.05) is 0 Å². The molecule has 0 aromatic heterocycles. The lowest BCUT2D eigenvalue weighted by Crippen LogP contribution is -2.74. The second kappa shape index (κ2) is 28.6. The van der Waals surface area contributed by atoms with Crippen LogP contribution in [0.15, 0.2) is 60.7 Å². The van der Waals surface area contributed by atoms with Crippen LogP contribution < -0.4 is 10.5 Å². The Labute approximate surface area is 509 Å². The molecule has 0 aliphatic carbocycles. The summed E-state index contributed by atoms with van der Waals surface area (Å²) in [5, 5.41) is 12.3. The van der Waals surface area contributed by atoms with Crippen molar-refractivity contribution in [3.63, 3.8) is 0 Å². The van der Waals surface area contributed by atoms with Crippen molar-refractivity contribution in [1.29, 1.82) is 0 Å². The van der Waals surface area contributed by atoms with E-state index >= 15 is 26.3 Å². The van der Waals surface area contributed by atoms with Crippen molar-refractivity contribution in [3.8, 4) is 0 Å². The minimum atomic E-state index is -8.90. The molecule has 18 nitrogen and oxygen atoms in total. The molecule has 2 heterocycles. The molecule has 2 aromatic rings. The smallest absolute Gasteiger partial charge is 0.460 e. The molecule has 1 unspecified atom stereocenters. The summed E-state index contributed by atoms with van der Waals surface area (Å²) in [5.74, 6) is -63.2. The Balaban J connectivity index is 1.99. The van der Waals surface area contributed by atoms with E-state index < -0.39 is 189 Å². The third kappa shape index (κ3) is 17.1. The number of carbonyl (C=O) groups excluding carboxylic acids is 5. The highest BCUT2D eigenvalue weighted by Crippen LogP contribution is 2.64. The van der Waals surface area contributed by atoms with Crippen LogP contribution in [0.5, 0.6) is 0 Å². The molecule has 4 rings (SSSR count). The Kier molecular flexibility index (Phi) is 24.6. The summed E-state index contributed by atoms with van der Waals surface area (Å²) in [6, 6.07) is 11.3. The summed E-state index contributed by atoms with van der Waals surface area (Å²) < 4.78 is 305.